The summed E-state index contributed by atoms with van der Waals surface area (Å²) in [6.07, 6.45) is 5.45. The average Bonchev–Trinajstić information content (AvgIpc) is 3.08. The molecule has 0 spiro atoms. The Morgan fingerprint density at radius 1 is 1.24 bits per heavy atom. The normalized spacial score (nSPS) is 22.6. The first-order valence-corrected chi connectivity index (χ1v) is 6.93. The van der Waals surface area contributed by atoms with E-state index in [1.165, 1.54) is 25.7 Å². The van der Waals surface area contributed by atoms with Gasteiger partial charge in [-0.05, 0) is 48.9 Å². The van der Waals surface area contributed by atoms with Crippen LogP contribution in [0.4, 0.5) is 0 Å². The van der Waals surface area contributed by atoms with E-state index >= 15 is 0 Å². The summed E-state index contributed by atoms with van der Waals surface area (Å²) in [6.45, 7) is 6.88. The van der Waals surface area contributed by atoms with Gasteiger partial charge in [0.15, 0.2) is 0 Å². The molecule has 98 valence electrons. The van der Waals surface area contributed by atoms with Crippen molar-refractivity contribution in [3.8, 4) is 0 Å². The third kappa shape index (κ3) is 3.44. The molecule has 0 heterocycles. The number of hydrogen-bond donors (Lipinski definition) is 2. The Morgan fingerprint density at radius 2 is 1.71 bits per heavy atom. The van der Waals surface area contributed by atoms with E-state index < -0.39 is 6.04 Å². The van der Waals surface area contributed by atoms with Crippen LogP contribution in [0.3, 0.4) is 0 Å². The molecule has 0 aromatic rings. The zero-order valence-corrected chi connectivity index (χ0v) is 11.3. The molecular weight excluding hydrogens is 212 g/mol. The van der Waals surface area contributed by atoms with E-state index in [2.05, 4.69) is 5.32 Å². The SMILES string of the molecule is CC(C)(C)[C@@H](N)C(=O)NCC(C1CC1)C1CC1. The molecule has 3 N–H and O–H groups in total. The van der Waals surface area contributed by atoms with E-state index in [0.29, 0.717) is 0 Å². The van der Waals surface area contributed by atoms with Crippen LogP contribution in [0, 0.1) is 23.2 Å². The average molecular weight is 238 g/mol. The summed E-state index contributed by atoms with van der Waals surface area (Å²) in [7, 11) is 0. The number of nitrogens with two attached hydrogens (primary N) is 1. The van der Waals surface area contributed by atoms with Crippen molar-refractivity contribution in [2.24, 2.45) is 28.9 Å². The second-order valence-corrected chi connectivity index (χ2v) is 6.93. The lowest BCUT2D eigenvalue weighted by Crippen LogP contribution is -2.49. The topological polar surface area (TPSA) is 55.1 Å². The summed E-state index contributed by atoms with van der Waals surface area (Å²) in [5.74, 6) is 2.51. The zero-order valence-electron chi connectivity index (χ0n) is 11.3. The van der Waals surface area contributed by atoms with E-state index in [0.717, 1.165) is 24.3 Å². The van der Waals surface area contributed by atoms with Gasteiger partial charge in [-0.25, -0.2) is 0 Å². The molecule has 2 saturated carbocycles. The fraction of sp³-hybridized carbons (Fsp3) is 0.929. The lowest BCUT2D eigenvalue weighted by molar-refractivity contribution is -0.124. The maximum absolute atomic E-state index is 11.9. The van der Waals surface area contributed by atoms with Crippen LogP contribution >= 0.6 is 0 Å². The highest BCUT2D eigenvalue weighted by Crippen LogP contribution is 2.48. The fourth-order valence-corrected chi connectivity index (χ4v) is 2.49. The number of carbonyl (C=O) groups is 1. The predicted molar refractivity (Wildman–Crippen MR) is 69.4 cm³/mol. The number of rotatable bonds is 5. The number of amides is 1. The van der Waals surface area contributed by atoms with Gasteiger partial charge in [0, 0.05) is 6.54 Å². The standard InChI is InChI=1S/C14H26N2O/c1-14(2,3)12(15)13(17)16-8-11(9-4-5-9)10-6-7-10/h9-12H,4-8,15H2,1-3H3,(H,16,17)/t12-/m0/s1. The lowest BCUT2D eigenvalue weighted by Gasteiger charge is -2.27. The molecule has 1 amide bonds. The molecule has 0 aromatic heterocycles. The molecule has 0 unspecified atom stereocenters. The van der Waals surface area contributed by atoms with Crippen molar-refractivity contribution in [2.45, 2.75) is 52.5 Å². The summed E-state index contributed by atoms with van der Waals surface area (Å²) in [4.78, 5) is 11.9. The molecule has 2 fully saturated rings. The van der Waals surface area contributed by atoms with Gasteiger partial charge in [0.25, 0.3) is 0 Å². The van der Waals surface area contributed by atoms with Crippen molar-refractivity contribution in [3.63, 3.8) is 0 Å². The maximum Gasteiger partial charge on any atom is 0.237 e. The van der Waals surface area contributed by atoms with Crippen LogP contribution in [-0.2, 0) is 4.79 Å². The smallest absolute Gasteiger partial charge is 0.237 e. The summed E-state index contributed by atoms with van der Waals surface area (Å²) < 4.78 is 0. The molecule has 1 atom stereocenters. The van der Waals surface area contributed by atoms with Crippen LogP contribution in [0.2, 0.25) is 0 Å². The quantitative estimate of drug-likeness (QED) is 0.768. The first-order valence-electron chi connectivity index (χ1n) is 6.93. The van der Waals surface area contributed by atoms with Gasteiger partial charge in [0.05, 0.1) is 6.04 Å². The Hall–Kier alpha value is -0.570. The Bertz CT molecular complexity index is 275. The van der Waals surface area contributed by atoms with Gasteiger partial charge in [-0.1, -0.05) is 20.8 Å². The first-order chi connectivity index (χ1) is 7.89. The highest BCUT2D eigenvalue weighted by molar-refractivity contribution is 5.82. The van der Waals surface area contributed by atoms with Crippen molar-refractivity contribution < 1.29 is 4.79 Å². The predicted octanol–water partition coefficient (Wildman–Crippen LogP) is 1.91. The first kappa shape index (κ1) is 12.9. The Balaban J connectivity index is 1.78. The lowest BCUT2D eigenvalue weighted by atomic mass is 9.86. The molecule has 2 rings (SSSR count). The van der Waals surface area contributed by atoms with Gasteiger partial charge in [-0.2, -0.15) is 0 Å². The zero-order chi connectivity index (χ0) is 12.6. The summed E-state index contributed by atoms with van der Waals surface area (Å²) in [5.41, 5.74) is 5.80. The molecule has 3 heteroatoms. The minimum atomic E-state index is -0.401. The molecule has 0 radical (unpaired) electrons. The molecule has 17 heavy (non-hydrogen) atoms. The molecule has 0 bridgehead atoms. The molecule has 3 nitrogen and oxygen atoms in total. The molecule has 0 saturated heterocycles. The van der Waals surface area contributed by atoms with E-state index in [4.69, 9.17) is 5.73 Å². The molecule has 0 aliphatic heterocycles. The van der Waals surface area contributed by atoms with Gasteiger partial charge in [-0.3, -0.25) is 4.79 Å². The minimum Gasteiger partial charge on any atom is -0.354 e. The van der Waals surface area contributed by atoms with E-state index in [-0.39, 0.29) is 11.3 Å². The van der Waals surface area contributed by atoms with E-state index in [1.54, 1.807) is 0 Å². The van der Waals surface area contributed by atoms with Gasteiger partial charge in [0.1, 0.15) is 0 Å². The van der Waals surface area contributed by atoms with Crippen molar-refractivity contribution >= 4 is 5.91 Å². The third-order valence-corrected chi connectivity index (χ3v) is 4.18. The molecule has 0 aromatic carbocycles. The van der Waals surface area contributed by atoms with Crippen molar-refractivity contribution in [3.05, 3.63) is 0 Å². The third-order valence-electron chi connectivity index (χ3n) is 4.18. The van der Waals surface area contributed by atoms with Gasteiger partial charge >= 0.3 is 0 Å². The Kier molecular flexibility index (Phi) is 3.48. The van der Waals surface area contributed by atoms with Crippen LogP contribution in [-0.4, -0.2) is 18.5 Å². The maximum atomic E-state index is 11.9. The summed E-state index contributed by atoms with van der Waals surface area (Å²) >= 11 is 0. The number of hydrogen-bond acceptors (Lipinski definition) is 2. The summed E-state index contributed by atoms with van der Waals surface area (Å²) in [5, 5.41) is 3.07. The van der Waals surface area contributed by atoms with Crippen LogP contribution < -0.4 is 11.1 Å². The summed E-state index contributed by atoms with van der Waals surface area (Å²) in [6, 6.07) is -0.401. The van der Waals surface area contributed by atoms with Gasteiger partial charge in [0.2, 0.25) is 5.91 Å². The minimum absolute atomic E-state index is 0.0174. The van der Waals surface area contributed by atoms with Crippen LogP contribution in [0.25, 0.3) is 0 Å². The fourth-order valence-electron chi connectivity index (χ4n) is 2.49. The van der Waals surface area contributed by atoms with E-state index in [9.17, 15) is 4.79 Å². The second kappa shape index (κ2) is 4.60. The number of nitrogens with one attached hydrogen (secondary N) is 1. The highest BCUT2D eigenvalue weighted by atomic mass is 16.2. The van der Waals surface area contributed by atoms with Crippen molar-refractivity contribution in [1.29, 1.82) is 0 Å². The highest BCUT2D eigenvalue weighted by Gasteiger charge is 2.41. The second-order valence-electron chi connectivity index (χ2n) is 6.93. The molecule has 2 aliphatic carbocycles. The van der Waals surface area contributed by atoms with Gasteiger partial charge < -0.3 is 11.1 Å². The van der Waals surface area contributed by atoms with Crippen molar-refractivity contribution in [2.75, 3.05) is 6.54 Å². The van der Waals surface area contributed by atoms with Crippen LogP contribution in [0.1, 0.15) is 46.5 Å². The Labute approximate surface area is 105 Å². The van der Waals surface area contributed by atoms with Crippen molar-refractivity contribution in [1.82, 2.24) is 5.32 Å². The van der Waals surface area contributed by atoms with E-state index in [1.807, 2.05) is 20.8 Å². The molecule has 2 aliphatic rings. The number of carbonyl (C=O) groups excluding carboxylic acids is 1. The largest absolute Gasteiger partial charge is 0.354 e. The monoisotopic (exact) mass is 238 g/mol. The van der Waals surface area contributed by atoms with Gasteiger partial charge in [-0.15, -0.1) is 0 Å². The van der Waals surface area contributed by atoms with Crippen LogP contribution in [0.15, 0.2) is 0 Å². The Morgan fingerprint density at radius 3 is 2.06 bits per heavy atom. The molecular formula is C14H26N2O. The van der Waals surface area contributed by atoms with Crippen LogP contribution in [0.5, 0.6) is 0 Å².